The third kappa shape index (κ3) is 6.55. The number of nitrogens with one attached hydrogen (secondary N) is 1. The van der Waals surface area contributed by atoms with Crippen LogP contribution in [0.3, 0.4) is 0 Å². The van der Waals surface area contributed by atoms with E-state index in [-0.39, 0.29) is 23.7 Å². The lowest BCUT2D eigenvalue weighted by molar-refractivity contribution is -0.114. The van der Waals surface area contributed by atoms with E-state index in [2.05, 4.69) is 10.2 Å². The number of amides is 2. The Balaban J connectivity index is 1.42. The molecule has 1 fully saturated rings. The van der Waals surface area contributed by atoms with E-state index >= 15 is 0 Å². The van der Waals surface area contributed by atoms with E-state index in [1.807, 2.05) is 65.2 Å². The fourth-order valence-corrected chi connectivity index (χ4v) is 5.53. The number of hydrogen-bond acceptors (Lipinski definition) is 4. The highest BCUT2D eigenvalue weighted by Crippen LogP contribution is 2.29. The lowest BCUT2D eigenvalue weighted by atomic mass is 9.84. The van der Waals surface area contributed by atoms with Crippen molar-refractivity contribution in [2.75, 3.05) is 25.5 Å². The maximum Gasteiger partial charge on any atom is 0.254 e. The maximum atomic E-state index is 14.5. The summed E-state index contributed by atoms with van der Waals surface area (Å²) in [6, 6.07) is 16.6. The molecule has 7 heteroatoms. The average molecular weight is 494 g/mol. The predicted octanol–water partition coefficient (Wildman–Crippen LogP) is 5.44. The number of likely N-dealkylation sites (tertiary alicyclic amines) is 1. The SMILES string of the molecule is CC(=O)Nc1ccc(CN2CCC(C(Cc3ccccc3F)N(C)C(=O)c3ccsc3)CC2)cc1. The molecule has 184 valence electrons. The van der Waals surface area contributed by atoms with Gasteiger partial charge in [-0.05, 0) is 79.0 Å². The second-order valence-electron chi connectivity index (χ2n) is 9.28. The molecule has 0 saturated carbocycles. The number of halogens is 1. The van der Waals surface area contributed by atoms with Crippen LogP contribution in [0.1, 0.15) is 41.3 Å². The molecule has 0 bridgehead atoms. The van der Waals surface area contributed by atoms with Crippen LogP contribution in [0, 0.1) is 11.7 Å². The molecule has 3 aromatic rings. The Kier molecular flexibility index (Phi) is 8.31. The van der Waals surface area contributed by atoms with Gasteiger partial charge in [0, 0.05) is 37.6 Å². The first-order valence-electron chi connectivity index (χ1n) is 12.0. The molecule has 0 aliphatic carbocycles. The van der Waals surface area contributed by atoms with E-state index < -0.39 is 0 Å². The number of piperidine rings is 1. The van der Waals surface area contributed by atoms with Gasteiger partial charge in [0.1, 0.15) is 5.82 Å². The average Bonchev–Trinajstić information content (AvgIpc) is 3.39. The zero-order chi connectivity index (χ0) is 24.8. The van der Waals surface area contributed by atoms with Gasteiger partial charge in [0.05, 0.1) is 5.56 Å². The summed E-state index contributed by atoms with van der Waals surface area (Å²) in [5, 5.41) is 6.58. The molecule has 1 aliphatic rings. The van der Waals surface area contributed by atoms with Crippen LogP contribution in [0.5, 0.6) is 0 Å². The highest BCUT2D eigenvalue weighted by molar-refractivity contribution is 7.08. The van der Waals surface area contributed by atoms with Crippen molar-refractivity contribution in [3.05, 3.63) is 87.9 Å². The van der Waals surface area contributed by atoms with Crippen LogP contribution in [0.2, 0.25) is 0 Å². The summed E-state index contributed by atoms with van der Waals surface area (Å²) in [7, 11) is 1.86. The third-order valence-electron chi connectivity index (χ3n) is 6.83. The Bertz CT molecular complexity index is 1130. The minimum Gasteiger partial charge on any atom is -0.338 e. The van der Waals surface area contributed by atoms with Crippen molar-refractivity contribution in [1.82, 2.24) is 9.80 Å². The number of anilines is 1. The van der Waals surface area contributed by atoms with E-state index in [4.69, 9.17) is 0 Å². The highest BCUT2D eigenvalue weighted by Gasteiger charge is 2.32. The Morgan fingerprint density at radius 1 is 1.11 bits per heavy atom. The van der Waals surface area contributed by atoms with E-state index in [0.29, 0.717) is 23.5 Å². The third-order valence-corrected chi connectivity index (χ3v) is 7.51. The van der Waals surface area contributed by atoms with Gasteiger partial charge in [-0.15, -0.1) is 0 Å². The molecule has 1 atom stereocenters. The Labute approximate surface area is 210 Å². The number of likely N-dealkylation sites (N-methyl/N-ethyl adjacent to an activating group) is 1. The molecule has 1 aromatic heterocycles. The van der Waals surface area contributed by atoms with Crippen LogP contribution in [0.15, 0.2) is 65.4 Å². The van der Waals surface area contributed by atoms with Crippen LogP contribution < -0.4 is 5.32 Å². The molecular formula is C28H32FN3O2S. The van der Waals surface area contributed by atoms with E-state index in [1.165, 1.54) is 29.9 Å². The number of carbonyl (C=O) groups is 2. The summed E-state index contributed by atoms with van der Waals surface area (Å²) in [6.07, 6.45) is 2.41. The van der Waals surface area contributed by atoms with Gasteiger partial charge >= 0.3 is 0 Å². The molecule has 4 rings (SSSR count). The van der Waals surface area contributed by atoms with Gasteiger partial charge in [0.15, 0.2) is 0 Å². The number of benzene rings is 2. The quantitative estimate of drug-likeness (QED) is 0.455. The van der Waals surface area contributed by atoms with Crippen molar-refractivity contribution in [2.45, 2.75) is 38.8 Å². The van der Waals surface area contributed by atoms with Crippen LogP contribution in [0.4, 0.5) is 10.1 Å². The smallest absolute Gasteiger partial charge is 0.254 e. The molecule has 2 amide bonds. The van der Waals surface area contributed by atoms with E-state index in [1.54, 1.807) is 6.07 Å². The summed E-state index contributed by atoms with van der Waals surface area (Å²) in [5.74, 6) is -0.00361. The van der Waals surface area contributed by atoms with Gasteiger partial charge in [-0.2, -0.15) is 11.3 Å². The maximum absolute atomic E-state index is 14.5. The van der Waals surface area contributed by atoms with Crippen molar-refractivity contribution in [3.63, 3.8) is 0 Å². The fraction of sp³-hybridized carbons (Fsp3) is 0.357. The lowest BCUT2D eigenvalue weighted by Gasteiger charge is -2.40. The van der Waals surface area contributed by atoms with Crippen molar-refractivity contribution in [3.8, 4) is 0 Å². The largest absolute Gasteiger partial charge is 0.338 e. The molecule has 1 N–H and O–H groups in total. The number of nitrogens with zero attached hydrogens (tertiary/aromatic N) is 2. The van der Waals surface area contributed by atoms with Gasteiger partial charge in [0.25, 0.3) is 5.91 Å². The minimum atomic E-state index is -0.214. The predicted molar refractivity (Wildman–Crippen MR) is 139 cm³/mol. The van der Waals surface area contributed by atoms with Crippen LogP contribution in [0.25, 0.3) is 0 Å². The van der Waals surface area contributed by atoms with Gasteiger partial charge in [-0.3, -0.25) is 14.5 Å². The van der Waals surface area contributed by atoms with E-state index in [9.17, 15) is 14.0 Å². The van der Waals surface area contributed by atoms with E-state index in [0.717, 1.165) is 38.2 Å². The van der Waals surface area contributed by atoms with Crippen LogP contribution in [-0.4, -0.2) is 47.8 Å². The van der Waals surface area contributed by atoms with Crippen molar-refractivity contribution in [2.24, 2.45) is 5.92 Å². The first-order valence-corrected chi connectivity index (χ1v) is 13.0. The summed E-state index contributed by atoms with van der Waals surface area (Å²) in [6.45, 7) is 4.19. The molecule has 2 aromatic carbocycles. The molecule has 1 aliphatic heterocycles. The van der Waals surface area contributed by atoms with Gasteiger partial charge in [-0.25, -0.2) is 4.39 Å². The summed E-state index contributed by atoms with van der Waals surface area (Å²) in [5.41, 5.74) is 3.35. The standard InChI is InChI=1S/C28H32FN3O2S/c1-20(33)30-25-9-7-21(8-10-25)18-32-14-11-22(12-15-32)27(17-23-5-3-4-6-26(23)29)31(2)28(34)24-13-16-35-19-24/h3-10,13,16,19,22,27H,11-12,14-15,17-18H2,1-2H3,(H,30,33). The second-order valence-corrected chi connectivity index (χ2v) is 10.1. The Hall–Kier alpha value is -3.03. The lowest BCUT2D eigenvalue weighted by Crippen LogP contribution is -2.47. The summed E-state index contributed by atoms with van der Waals surface area (Å²) < 4.78 is 14.5. The first kappa shape index (κ1) is 25.1. The number of rotatable bonds is 8. The van der Waals surface area contributed by atoms with Crippen LogP contribution >= 0.6 is 11.3 Å². The summed E-state index contributed by atoms with van der Waals surface area (Å²) in [4.78, 5) is 28.6. The molecule has 1 saturated heterocycles. The number of thiophene rings is 1. The Morgan fingerprint density at radius 2 is 1.83 bits per heavy atom. The second kappa shape index (κ2) is 11.6. The zero-order valence-electron chi connectivity index (χ0n) is 20.2. The van der Waals surface area contributed by atoms with Gasteiger partial charge < -0.3 is 10.2 Å². The van der Waals surface area contributed by atoms with Gasteiger partial charge in [-0.1, -0.05) is 30.3 Å². The van der Waals surface area contributed by atoms with Crippen molar-refractivity contribution >= 4 is 28.8 Å². The topological polar surface area (TPSA) is 52.7 Å². The fourth-order valence-electron chi connectivity index (χ4n) is 4.90. The molecule has 0 spiro atoms. The number of carbonyl (C=O) groups excluding carboxylic acids is 2. The van der Waals surface area contributed by atoms with Gasteiger partial charge in [0.2, 0.25) is 5.91 Å². The monoisotopic (exact) mass is 493 g/mol. The summed E-state index contributed by atoms with van der Waals surface area (Å²) >= 11 is 1.51. The molecular weight excluding hydrogens is 461 g/mol. The molecule has 1 unspecified atom stereocenters. The highest BCUT2D eigenvalue weighted by atomic mass is 32.1. The zero-order valence-corrected chi connectivity index (χ0v) is 21.1. The van der Waals surface area contributed by atoms with Crippen molar-refractivity contribution < 1.29 is 14.0 Å². The molecule has 2 heterocycles. The number of hydrogen-bond donors (Lipinski definition) is 1. The van der Waals surface area contributed by atoms with Crippen LogP contribution in [-0.2, 0) is 17.8 Å². The van der Waals surface area contributed by atoms with Crippen molar-refractivity contribution in [1.29, 1.82) is 0 Å². The normalized spacial score (nSPS) is 15.5. The Morgan fingerprint density at radius 3 is 2.46 bits per heavy atom. The molecule has 5 nitrogen and oxygen atoms in total. The molecule has 0 radical (unpaired) electrons. The first-order chi connectivity index (χ1) is 16.9. The molecule has 35 heavy (non-hydrogen) atoms. The minimum absolute atomic E-state index is 0.00530.